The van der Waals surface area contributed by atoms with Crippen LogP contribution in [0.5, 0.6) is 5.75 Å². The number of fused-ring (bicyclic) bond motifs is 2. The molecule has 210 valence electrons. The molecule has 0 saturated carbocycles. The Kier molecular flexibility index (Phi) is 6.32. The molecule has 0 bridgehead atoms. The van der Waals surface area contributed by atoms with Crippen molar-refractivity contribution in [2.45, 2.75) is 33.1 Å². The van der Waals surface area contributed by atoms with E-state index >= 15 is 0 Å². The average molecular weight is 562 g/mol. The Labute approximate surface area is 250 Å². The molecule has 5 nitrogen and oxygen atoms in total. The van der Waals surface area contributed by atoms with Gasteiger partial charge in [0.2, 0.25) is 5.89 Å². The normalized spacial score (nSPS) is 11.8. The van der Waals surface area contributed by atoms with E-state index in [9.17, 15) is 5.11 Å². The van der Waals surface area contributed by atoms with Crippen LogP contribution in [0.4, 0.5) is 0 Å². The molecule has 0 spiro atoms. The fourth-order valence-electron chi connectivity index (χ4n) is 5.85. The van der Waals surface area contributed by atoms with Crippen LogP contribution in [0.3, 0.4) is 0 Å². The molecule has 0 saturated heterocycles. The lowest BCUT2D eigenvalue weighted by atomic mass is 9.83. The summed E-state index contributed by atoms with van der Waals surface area (Å²) in [6.45, 7) is 8.87. The van der Waals surface area contributed by atoms with Gasteiger partial charge in [0.15, 0.2) is 5.58 Å². The van der Waals surface area contributed by atoms with Gasteiger partial charge in [0.25, 0.3) is 0 Å². The van der Waals surface area contributed by atoms with E-state index in [0.717, 1.165) is 44.4 Å². The van der Waals surface area contributed by atoms with Crippen molar-refractivity contribution >= 4 is 22.0 Å². The fraction of sp³-hybridized carbons (Fsp3) is 0.132. The van der Waals surface area contributed by atoms with Gasteiger partial charge in [-0.2, -0.15) is 0 Å². The van der Waals surface area contributed by atoms with Gasteiger partial charge in [-0.25, -0.2) is 4.98 Å². The predicted octanol–water partition coefficient (Wildman–Crippen LogP) is 9.75. The van der Waals surface area contributed by atoms with Gasteiger partial charge in [-0.05, 0) is 94.8 Å². The molecule has 4 aromatic carbocycles. The van der Waals surface area contributed by atoms with Crippen LogP contribution in [-0.2, 0) is 5.41 Å². The van der Waals surface area contributed by atoms with Crippen molar-refractivity contribution in [3.05, 3.63) is 121 Å². The summed E-state index contributed by atoms with van der Waals surface area (Å²) in [5, 5.41) is 11.7. The van der Waals surface area contributed by atoms with Crippen LogP contribution >= 0.6 is 0 Å². The minimum Gasteiger partial charge on any atom is -0.507 e. The molecule has 7 aromatic rings. The highest BCUT2D eigenvalue weighted by Crippen LogP contribution is 2.40. The number of pyridine rings is 2. The van der Waals surface area contributed by atoms with E-state index in [0.29, 0.717) is 17.0 Å². The third kappa shape index (κ3) is 4.83. The molecule has 0 atom stereocenters. The van der Waals surface area contributed by atoms with Crippen LogP contribution < -0.4 is 0 Å². The van der Waals surface area contributed by atoms with Gasteiger partial charge in [-0.1, -0.05) is 57.2 Å². The molecule has 0 aliphatic rings. The Morgan fingerprint density at radius 3 is 2.19 bits per heavy atom. The molecule has 3 aromatic heterocycles. The molecule has 1 N–H and O–H groups in total. The van der Waals surface area contributed by atoms with E-state index in [-0.39, 0.29) is 11.2 Å². The Hall–Kier alpha value is -5.29. The summed E-state index contributed by atoms with van der Waals surface area (Å²) < 4.78 is 6.29. The van der Waals surface area contributed by atoms with E-state index in [1.165, 1.54) is 16.5 Å². The highest BCUT2D eigenvalue weighted by atomic mass is 16.3. The number of aromatic nitrogens is 3. The van der Waals surface area contributed by atoms with Gasteiger partial charge in [0.1, 0.15) is 11.3 Å². The van der Waals surface area contributed by atoms with E-state index in [1.807, 2.05) is 42.7 Å². The molecule has 0 aliphatic carbocycles. The first-order chi connectivity index (χ1) is 20.8. The topological polar surface area (TPSA) is 72.0 Å². The fourth-order valence-corrected chi connectivity index (χ4v) is 5.85. The molecule has 7 rings (SSSR count). The molecular weight excluding hydrogens is 530 g/mol. The minimum absolute atomic E-state index is 0.00963. The summed E-state index contributed by atoms with van der Waals surface area (Å²) in [5.74, 6) is 0.496. The van der Waals surface area contributed by atoms with Gasteiger partial charge >= 0.3 is 0 Å². The average Bonchev–Trinajstić information content (AvgIpc) is 3.44. The van der Waals surface area contributed by atoms with Crippen LogP contribution in [0.1, 0.15) is 31.9 Å². The summed E-state index contributed by atoms with van der Waals surface area (Å²) in [5.41, 5.74) is 11.4. The van der Waals surface area contributed by atoms with Crippen molar-refractivity contribution in [2.24, 2.45) is 0 Å². The van der Waals surface area contributed by atoms with Crippen molar-refractivity contribution in [3.8, 4) is 50.6 Å². The maximum absolute atomic E-state index is 10.5. The molecular formula is C38H31N3O2. The number of para-hydroxylation sites is 1. The maximum Gasteiger partial charge on any atom is 0.231 e. The maximum atomic E-state index is 10.5. The van der Waals surface area contributed by atoms with Gasteiger partial charge in [-0.15, -0.1) is 0 Å². The Balaban J connectivity index is 1.45. The Morgan fingerprint density at radius 1 is 0.674 bits per heavy atom. The molecule has 3 heterocycles. The van der Waals surface area contributed by atoms with E-state index < -0.39 is 0 Å². The number of hydrogen-bond donors (Lipinski definition) is 1. The summed E-state index contributed by atoms with van der Waals surface area (Å²) in [4.78, 5) is 14.1. The zero-order chi connectivity index (χ0) is 29.7. The number of nitrogens with zero attached hydrogens (tertiary/aromatic N) is 3. The number of rotatable bonds is 4. The first-order valence-electron chi connectivity index (χ1n) is 14.4. The third-order valence-corrected chi connectivity index (χ3v) is 7.91. The Morgan fingerprint density at radius 2 is 1.44 bits per heavy atom. The number of benzene rings is 4. The second-order valence-electron chi connectivity index (χ2n) is 12.0. The second-order valence-corrected chi connectivity index (χ2v) is 12.0. The van der Waals surface area contributed by atoms with Gasteiger partial charge in [0.05, 0.1) is 11.1 Å². The highest BCUT2D eigenvalue weighted by Gasteiger charge is 2.21. The molecule has 0 aliphatic heterocycles. The molecule has 5 heteroatoms. The quantitative estimate of drug-likeness (QED) is 0.232. The second kappa shape index (κ2) is 10.2. The summed E-state index contributed by atoms with van der Waals surface area (Å²) in [7, 11) is 0. The number of hydrogen-bond acceptors (Lipinski definition) is 5. The van der Waals surface area contributed by atoms with Crippen LogP contribution in [0.15, 0.2) is 114 Å². The van der Waals surface area contributed by atoms with Crippen molar-refractivity contribution in [3.63, 3.8) is 0 Å². The van der Waals surface area contributed by atoms with E-state index in [2.05, 4.69) is 81.2 Å². The number of aryl methyl sites for hydroxylation is 1. The first kappa shape index (κ1) is 26.6. The third-order valence-electron chi connectivity index (χ3n) is 7.91. The monoisotopic (exact) mass is 561 g/mol. The highest BCUT2D eigenvalue weighted by molar-refractivity contribution is 6.00. The van der Waals surface area contributed by atoms with Gasteiger partial charge in [0, 0.05) is 40.7 Å². The van der Waals surface area contributed by atoms with Crippen LogP contribution in [0.2, 0.25) is 0 Å². The lowest BCUT2D eigenvalue weighted by Crippen LogP contribution is -2.12. The first-order valence-corrected chi connectivity index (χ1v) is 14.4. The largest absolute Gasteiger partial charge is 0.507 e. The van der Waals surface area contributed by atoms with Crippen LogP contribution in [0.25, 0.3) is 66.8 Å². The number of oxazole rings is 1. The standard InChI is InChI=1S/C38H31N3O2/c1-23-17-29(35-31(18-23)32(14-16-40-35)38(2,3)4)24-9-7-10-25(19-24)30-20-27(26-11-8-15-39-22-26)21-34-36(30)41-37(43-34)28-12-5-6-13-33(28)42/h5-22,42H,1-4H3. The number of aromatic hydroxyl groups is 1. The zero-order valence-corrected chi connectivity index (χ0v) is 24.6. The summed E-state index contributed by atoms with van der Waals surface area (Å²) >= 11 is 0. The van der Waals surface area contributed by atoms with Crippen molar-refractivity contribution in [1.29, 1.82) is 0 Å². The SMILES string of the molecule is Cc1cc(-c2cccc(-c3cc(-c4cccnc4)cc4oc(-c5ccccc5O)nc34)c2)c2nccc(C(C)(C)C)c2c1. The summed E-state index contributed by atoms with van der Waals surface area (Å²) in [6, 6.07) is 30.3. The predicted molar refractivity (Wildman–Crippen MR) is 174 cm³/mol. The van der Waals surface area contributed by atoms with Gasteiger partial charge in [-0.3, -0.25) is 9.97 Å². The summed E-state index contributed by atoms with van der Waals surface area (Å²) in [6.07, 6.45) is 5.53. The van der Waals surface area contributed by atoms with Crippen LogP contribution in [-0.4, -0.2) is 20.1 Å². The lowest BCUT2D eigenvalue weighted by molar-refractivity contribution is 0.474. The molecule has 0 amide bonds. The molecule has 0 unspecified atom stereocenters. The zero-order valence-electron chi connectivity index (χ0n) is 24.6. The van der Waals surface area contributed by atoms with Crippen molar-refractivity contribution < 1.29 is 9.52 Å². The van der Waals surface area contributed by atoms with Crippen LogP contribution in [0, 0.1) is 6.92 Å². The van der Waals surface area contributed by atoms with Crippen molar-refractivity contribution in [1.82, 2.24) is 15.0 Å². The van der Waals surface area contributed by atoms with E-state index in [4.69, 9.17) is 14.4 Å². The Bertz CT molecular complexity index is 2140. The van der Waals surface area contributed by atoms with E-state index in [1.54, 1.807) is 18.3 Å². The van der Waals surface area contributed by atoms with Gasteiger partial charge < -0.3 is 9.52 Å². The minimum atomic E-state index is -0.00963. The molecule has 0 fully saturated rings. The molecule has 0 radical (unpaired) electrons. The number of phenols is 1. The smallest absolute Gasteiger partial charge is 0.231 e. The molecule has 43 heavy (non-hydrogen) atoms. The number of phenolic OH excluding ortho intramolecular Hbond substituents is 1. The van der Waals surface area contributed by atoms with Crippen molar-refractivity contribution in [2.75, 3.05) is 0 Å². The lowest BCUT2D eigenvalue weighted by Gasteiger charge is -2.22.